The third kappa shape index (κ3) is 3.12. The van der Waals surface area contributed by atoms with E-state index < -0.39 is 5.97 Å². The van der Waals surface area contributed by atoms with Gasteiger partial charge in [-0.2, -0.15) is 0 Å². The van der Waals surface area contributed by atoms with Gasteiger partial charge >= 0.3 is 5.97 Å². The second-order valence-corrected chi connectivity index (χ2v) is 6.78. The summed E-state index contributed by atoms with van der Waals surface area (Å²) in [6, 6.07) is 5.30. The predicted molar refractivity (Wildman–Crippen MR) is 79.6 cm³/mol. The number of hydrogen-bond donors (Lipinski definition) is 1. The highest BCUT2D eigenvalue weighted by Crippen LogP contribution is 2.33. The SMILES string of the molecule is Cc1cc(C(=O)O)ccc1N1CC(C)(C)OC(C)(C)C1. The van der Waals surface area contributed by atoms with E-state index in [0.29, 0.717) is 5.56 Å². The molecule has 0 radical (unpaired) electrons. The Bertz CT molecular complexity index is 519. The van der Waals surface area contributed by atoms with Crippen LogP contribution >= 0.6 is 0 Å². The highest BCUT2D eigenvalue weighted by atomic mass is 16.5. The van der Waals surface area contributed by atoms with Crippen LogP contribution in [0.2, 0.25) is 0 Å². The smallest absolute Gasteiger partial charge is 0.335 e. The third-order valence-electron chi connectivity index (χ3n) is 3.48. The maximum absolute atomic E-state index is 11.0. The highest BCUT2D eigenvalue weighted by Gasteiger charge is 2.38. The van der Waals surface area contributed by atoms with Gasteiger partial charge in [-0.1, -0.05) is 0 Å². The minimum absolute atomic E-state index is 0.223. The van der Waals surface area contributed by atoms with E-state index >= 15 is 0 Å². The molecule has 0 amide bonds. The van der Waals surface area contributed by atoms with Gasteiger partial charge in [0.1, 0.15) is 0 Å². The van der Waals surface area contributed by atoms with Crippen LogP contribution in [-0.4, -0.2) is 35.4 Å². The molecule has 1 aromatic carbocycles. The number of aromatic carboxylic acids is 1. The summed E-state index contributed by atoms with van der Waals surface area (Å²) in [7, 11) is 0. The van der Waals surface area contributed by atoms with Crippen molar-refractivity contribution in [3.63, 3.8) is 0 Å². The molecule has 1 aliphatic rings. The Morgan fingerprint density at radius 3 is 2.20 bits per heavy atom. The van der Waals surface area contributed by atoms with Gasteiger partial charge in [0.05, 0.1) is 16.8 Å². The van der Waals surface area contributed by atoms with Crippen molar-refractivity contribution in [1.82, 2.24) is 0 Å². The molecular formula is C16H23NO3. The van der Waals surface area contributed by atoms with Crippen molar-refractivity contribution in [2.45, 2.75) is 45.8 Å². The van der Waals surface area contributed by atoms with Gasteiger partial charge < -0.3 is 14.7 Å². The molecule has 4 nitrogen and oxygen atoms in total. The molecular weight excluding hydrogens is 254 g/mol. The first-order valence-corrected chi connectivity index (χ1v) is 6.89. The van der Waals surface area contributed by atoms with Crippen LogP contribution in [0.3, 0.4) is 0 Å². The maximum atomic E-state index is 11.0. The van der Waals surface area contributed by atoms with Gasteiger partial charge in [0, 0.05) is 18.8 Å². The number of hydrogen-bond acceptors (Lipinski definition) is 3. The number of carboxylic acids is 1. The summed E-state index contributed by atoms with van der Waals surface area (Å²) in [6.07, 6.45) is 0. The number of aryl methyl sites for hydroxylation is 1. The molecule has 1 fully saturated rings. The van der Waals surface area contributed by atoms with E-state index in [-0.39, 0.29) is 11.2 Å². The molecule has 0 unspecified atom stereocenters. The van der Waals surface area contributed by atoms with Gasteiger partial charge in [0.15, 0.2) is 0 Å². The number of carboxylic acid groups (broad SMARTS) is 1. The number of nitrogens with zero attached hydrogens (tertiary/aromatic N) is 1. The standard InChI is InChI=1S/C16H23NO3/c1-11-8-12(14(18)19)6-7-13(11)17-9-15(2,3)20-16(4,5)10-17/h6-8H,9-10H2,1-5H3,(H,18,19). The Kier molecular flexibility index (Phi) is 3.54. The summed E-state index contributed by atoms with van der Waals surface area (Å²) in [5.41, 5.74) is 1.95. The third-order valence-corrected chi connectivity index (χ3v) is 3.48. The summed E-state index contributed by atoms with van der Waals surface area (Å²) in [4.78, 5) is 13.3. The van der Waals surface area contributed by atoms with Gasteiger partial charge in [-0.05, 0) is 58.4 Å². The molecule has 1 N–H and O–H groups in total. The lowest BCUT2D eigenvalue weighted by Gasteiger charge is -2.48. The zero-order valence-corrected chi connectivity index (χ0v) is 12.9. The molecule has 1 saturated heterocycles. The maximum Gasteiger partial charge on any atom is 0.335 e. The number of anilines is 1. The topological polar surface area (TPSA) is 49.8 Å². The van der Waals surface area contributed by atoms with Crippen LogP contribution in [0.1, 0.15) is 43.6 Å². The normalized spacial score (nSPS) is 20.8. The van der Waals surface area contributed by atoms with Crippen LogP contribution in [0.25, 0.3) is 0 Å². The molecule has 1 heterocycles. The Morgan fingerprint density at radius 1 is 1.20 bits per heavy atom. The fraction of sp³-hybridized carbons (Fsp3) is 0.562. The molecule has 0 bridgehead atoms. The van der Waals surface area contributed by atoms with Gasteiger partial charge in [-0.25, -0.2) is 4.79 Å². The lowest BCUT2D eigenvalue weighted by atomic mass is 9.97. The summed E-state index contributed by atoms with van der Waals surface area (Å²) >= 11 is 0. The highest BCUT2D eigenvalue weighted by molar-refractivity contribution is 5.88. The van der Waals surface area contributed by atoms with E-state index in [1.54, 1.807) is 12.1 Å². The van der Waals surface area contributed by atoms with Crippen LogP contribution in [0.15, 0.2) is 18.2 Å². The van der Waals surface area contributed by atoms with Crippen LogP contribution in [-0.2, 0) is 4.74 Å². The fourth-order valence-electron chi connectivity index (χ4n) is 3.10. The zero-order valence-electron chi connectivity index (χ0n) is 12.9. The second-order valence-electron chi connectivity index (χ2n) is 6.78. The van der Waals surface area contributed by atoms with E-state index in [9.17, 15) is 4.79 Å². The number of carbonyl (C=O) groups is 1. The number of ether oxygens (including phenoxy) is 1. The molecule has 0 saturated carbocycles. The van der Waals surface area contributed by atoms with Gasteiger partial charge in [0.2, 0.25) is 0 Å². The molecule has 1 aliphatic heterocycles. The molecule has 0 spiro atoms. The van der Waals surface area contributed by atoms with E-state index in [2.05, 4.69) is 32.6 Å². The van der Waals surface area contributed by atoms with Gasteiger partial charge in [-0.3, -0.25) is 0 Å². The van der Waals surface area contributed by atoms with Crippen molar-refractivity contribution in [2.75, 3.05) is 18.0 Å². The van der Waals surface area contributed by atoms with Crippen LogP contribution in [0.4, 0.5) is 5.69 Å². The summed E-state index contributed by atoms with van der Waals surface area (Å²) in [6.45, 7) is 11.9. The minimum Gasteiger partial charge on any atom is -0.478 e. The summed E-state index contributed by atoms with van der Waals surface area (Å²) in [5, 5.41) is 9.04. The zero-order chi connectivity index (χ0) is 15.1. The molecule has 4 heteroatoms. The Hall–Kier alpha value is -1.55. The molecule has 1 aromatic rings. The van der Waals surface area contributed by atoms with E-state index in [1.807, 2.05) is 13.0 Å². The molecule has 2 rings (SSSR count). The first kappa shape index (κ1) is 14.9. The molecule has 20 heavy (non-hydrogen) atoms. The lowest BCUT2D eigenvalue weighted by Crippen LogP contribution is -2.57. The average Bonchev–Trinajstić information content (AvgIpc) is 2.24. The van der Waals surface area contributed by atoms with Crippen molar-refractivity contribution in [3.8, 4) is 0 Å². The predicted octanol–water partition coefficient (Wildman–Crippen LogP) is 3.09. The van der Waals surface area contributed by atoms with Crippen LogP contribution in [0, 0.1) is 6.92 Å². The molecule has 0 aliphatic carbocycles. The Labute approximate surface area is 120 Å². The van der Waals surface area contributed by atoms with Gasteiger partial charge in [-0.15, -0.1) is 0 Å². The molecule has 0 atom stereocenters. The quantitative estimate of drug-likeness (QED) is 0.902. The largest absolute Gasteiger partial charge is 0.478 e. The van der Waals surface area contributed by atoms with Gasteiger partial charge in [0.25, 0.3) is 0 Å². The van der Waals surface area contributed by atoms with Crippen LogP contribution in [0.5, 0.6) is 0 Å². The monoisotopic (exact) mass is 277 g/mol. The van der Waals surface area contributed by atoms with Crippen molar-refractivity contribution in [1.29, 1.82) is 0 Å². The summed E-state index contributed by atoms with van der Waals surface area (Å²) in [5.74, 6) is -0.887. The van der Waals surface area contributed by atoms with E-state index in [4.69, 9.17) is 9.84 Å². The van der Waals surface area contributed by atoms with Crippen molar-refractivity contribution in [2.24, 2.45) is 0 Å². The first-order chi connectivity index (χ1) is 9.10. The second kappa shape index (κ2) is 4.77. The minimum atomic E-state index is -0.887. The van der Waals surface area contributed by atoms with E-state index in [1.165, 1.54) is 0 Å². The summed E-state index contributed by atoms with van der Waals surface area (Å²) < 4.78 is 6.08. The number of benzene rings is 1. The van der Waals surface area contributed by atoms with Crippen molar-refractivity contribution in [3.05, 3.63) is 29.3 Å². The van der Waals surface area contributed by atoms with Crippen molar-refractivity contribution >= 4 is 11.7 Å². The first-order valence-electron chi connectivity index (χ1n) is 6.89. The molecule has 0 aromatic heterocycles. The fourth-order valence-corrected chi connectivity index (χ4v) is 3.10. The van der Waals surface area contributed by atoms with Crippen molar-refractivity contribution < 1.29 is 14.6 Å². The van der Waals surface area contributed by atoms with E-state index in [0.717, 1.165) is 24.3 Å². The Balaban J connectivity index is 2.34. The Morgan fingerprint density at radius 2 is 1.75 bits per heavy atom. The average molecular weight is 277 g/mol. The molecule has 110 valence electrons. The number of morpholine rings is 1. The lowest BCUT2D eigenvalue weighted by molar-refractivity contribution is -0.133. The number of rotatable bonds is 2. The van der Waals surface area contributed by atoms with Crippen LogP contribution < -0.4 is 4.90 Å².